The van der Waals surface area contributed by atoms with E-state index in [1.807, 2.05) is 18.2 Å². The zero-order valence-electron chi connectivity index (χ0n) is 18.1. The lowest BCUT2D eigenvalue weighted by atomic mass is 9.80. The number of fused-ring (bicyclic) bond motifs is 3. The van der Waals surface area contributed by atoms with Crippen LogP contribution in [0.4, 0.5) is 11.4 Å². The highest BCUT2D eigenvalue weighted by Gasteiger charge is 2.36. The van der Waals surface area contributed by atoms with Gasteiger partial charge in [0, 0.05) is 57.2 Å². The molecule has 0 spiro atoms. The zero-order chi connectivity index (χ0) is 22.1. The van der Waals surface area contributed by atoms with Crippen molar-refractivity contribution in [1.29, 1.82) is 0 Å². The lowest BCUT2D eigenvalue weighted by Gasteiger charge is -2.35. The van der Waals surface area contributed by atoms with Crippen molar-refractivity contribution in [2.75, 3.05) is 44.2 Å². The van der Waals surface area contributed by atoms with Gasteiger partial charge in [-0.1, -0.05) is 18.2 Å². The van der Waals surface area contributed by atoms with E-state index < -0.39 is 0 Å². The first-order chi connectivity index (χ1) is 15.6. The summed E-state index contributed by atoms with van der Waals surface area (Å²) in [5, 5.41) is 24.7. The third kappa shape index (κ3) is 4.14. The SMILES string of the molecule is O=[N+]([O-])c1ccccc1N1CCN(CCN=C2C[C@H]3c4ccc(O)cc4CC[C@H]3N2)CC1. The van der Waals surface area contributed by atoms with Gasteiger partial charge in [0.2, 0.25) is 0 Å². The van der Waals surface area contributed by atoms with E-state index in [-0.39, 0.29) is 10.6 Å². The number of anilines is 1. The number of hydrogen-bond donors (Lipinski definition) is 2. The molecular weight excluding hydrogens is 406 g/mol. The molecule has 2 fully saturated rings. The Kier molecular flexibility index (Phi) is 5.70. The molecular formula is C24H29N5O3. The number of aryl methyl sites for hydroxylation is 1. The summed E-state index contributed by atoms with van der Waals surface area (Å²) in [5.74, 6) is 1.90. The summed E-state index contributed by atoms with van der Waals surface area (Å²) in [6.45, 7) is 4.99. The first-order valence-electron chi connectivity index (χ1n) is 11.4. The van der Waals surface area contributed by atoms with Crippen molar-refractivity contribution < 1.29 is 10.0 Å². The number of amidine groups is 1. The summed E-state index contributed by atoms with van der Waals surface area (Å²) in [7, 11) is 0. The lowest BCUT2D eigenvalue weighted by molar-refractivity contribution is -0.384. The number of para-hydroxylation sites is 2. The van der Waals surface area contributed by atoms with Crippen LogP contribution in [0.25, 0.3) is 0 Å². The van der Waals surface area contributed by atoms with Gasteiger partial charge in [-0.3, -0.25) is 20.0 Å². The maximum Gasteiger partial charge on any atom is 0.292 e. The summed E-state index contributed by atoms with van der Waals surface area (Å²) in [6.07, 6.45) is 3.01. The maximum absolute atomic E-state index is 11.3. The molecule has 2 aromatic carbocycles. The highest BCUT2D eigenvalue weighted by molar-refractivity contribution is 5.86. The number of nitro benzene ring substituents is 1. The molecule has 2 N–H and O–H groups in total. The fourth-order valence-electron chi connectivity index (χ4n) is 5.34. The standard InChI is InChI=1S/C24H29N5O3/c30-18-6-7-19-17(15-18)5-8-21-20(19)16-24(26-21)25-9-10-27-11-13-28(14-12-27)22-3-1-2-4-23(22)29(31)32/h1-4,6-7,15,20-21,30H,5,8-14,16H2,(H,25,26)/t20-,21+/m0/s1. The van der Waals surface area contributed by atoms with E-state index in [0.29, 0.717) is 23.4 Å². The van der Waals surface area contributed by atoms with Gasteiger partial charge in [0.25, 0.3) is 5.69 Å². The summed E-state index contributed by atoms with van der Waals surface area (Å²) in [6, 6.07) is 13.2. The van der Waals surface area contributed by atoms with Crippen LogP contribution in [0.15, 0.2) is 47.5 Å². The van der Waals surface area contributed by atoms with E-state index in [2.05, 4.69) is 21.2 Å². The third-order valence-electron chi connectivity index (χ3n) is 7.01. The van der Waals surface area contributed by atoms with Crippen molar-refractivity contribution in [2.45, 2.75) is 31.2 Å². The van der Waals surface area contributed by atoms with E-state index in [4.69, 9.17) is 4.99 Å². The minimum atomic E-state index is -0.300. The quantitative estimate of drug-likeness (QED) is 0.554. The maximum atomic E-state index is 11.3. The molecule has 2 aromatic rings. The van der Waals surface area contributed by atoms with Gasteiger partial charge in [0.05, 0.1) is 17.3 Å². The summed E-state index contributed by atoms with van der Waals surface area (Å²) in [4.78, 5) is 20.4. The van der Waals surface area contributed by atoms with Crippen LogP contribution in [-0.4, -0.2) is 66.1 Å². The molecule has 2 saturated heterocycles. The first-order valence-corrected chi connectivity index (χ1v) is 11.4. The van der Waals surface area contributed by atoms with E-state index in [1.54, 1.807) is 18.2 Å². The van der Waals surface area contributed by atoms with Crippen LogP contribution in [0, 0.1) is 10.1 Å². The Morgan fingerprint density at radius 2 is 1.97 bits per heavy atom. The molecule has 2 aliphatic heterocycles. The van der Waals surface area contributed by atoms with Crippen LogP contribution in [-0.2, 0) is 6.42 Å². The summed E-state index contributed by atoms with van der Waals surface area (Å²) >= 11 is 0. The van der Waals surface area contributed by atoms with Crippen LogP contribution in [0.1, 0.15) is 29.9 Å². The minimum absolute atomic E-state index is 0.179. The van der Waals surface area contributed by atoms with Gasteiger partial charge < -0.3 is 15.3 Å². The van der Waals surface area contributed by atoms with E-state index >= 15 is 0 Å². The second-order valence-corrected chi connectivity index (χ2v) is 8.89. The van der Waals surface area contributed by atoms with Crippen molar-refractivity contribution in [1.82, 2.24) is 10.2 Å². The van der Waals surface area contributed by atoms with Crippen molar-refractivity contribution >= 4 is 17.2 Å². The summed E-state index contributed by atoms with van der Waals surface area (Å²) in [5.41, 5.74) is 3.51. The molecule has 8 heteroatoms. The van der Waals surface area contributed by atoms with Crippen LogP contribution in [0.3, 0.4) is 0 Å². The Balaban J connectivity index is 1.13. The van der Waals surface area contributed by atoms with Gasteiger partial charge in [-0.15, -0.1) is 0 Å². The van der Waals surface area contributed by atoms with Gasteiger partial charge in [0.15, 0.2) is 0 Å². The number of phenols is 1. The Bertz CT molecular complexity index is 1030. The second kappa shape index (κ2) is 8.78. The number of nitrogens with zero attached hydrogens (tertiary/aromatic N) is 4. The number of rotatable bonds is 5. The molecule has 0 saturated carbocycles. The fraction of sp³-hybridized carbons (Fsp3) is 0.458. The average molecular weight is 436 g/mol. The van der Waals surface area contributed by atoms with Crippen LogP contribution in [0.2, 0.25) is 0 Å². The van der Waals surface area contributed by atoms with Crippen molar-refractivity contribution in [2.24, 2.45) is 4.99 Å². The van der Waals surface area contributed by atoms with E-state index in [9.17, 15) is 15.2 Å². The summed E-state index contributed by atoms with van der Waals surface area (Å²) < 4.78 is 0. The Morgan fingerprint density at radius 3 is 2.78 bits per heavy atom. The molecule has 8 nitrogen and oxygen atoms in total. The van der Waals surface area contributed by atoms with Crippen LogP contribution >= 0.6 is 0 Å². The number of aliphatic imine (C=N–C) groups is 1. The average Bonchev–Trinajstić information content (AvgIpc) is 3.22. The zero-order valence-corrected chi connectivity index (χ0v) is 18.1. The van der Waals surface area contributed by atoms with Gasteiger partial charge in [-0.05, 0) is 42.2 Å². The lowest BCUT2D eigenvalue weighted by Crippen LogP contribution is -2.47. The minimum Gasteiger partial charge on any atom is -0.508 e. The molecule has 168 valence electrons. The highest BCUT2D eigenvalue weighted by atomic mass is 16.6. The van der Waals surface area contributed by atoms with Gasteiger partial charge >= 0.3 is 0 Å². The van der Waals surface area contributed by atoms with Gasteiger partial charge in [-0.25, -0.2) is 0 Å². The number of hydrogen-bond acceptors (Lipinski definition) is 6. The second-order valence-electron chi connectivity index (χ2n) is 8.89. The number of nitrogens with one attached hydrogen (secondary N) is 1. The monoisotopic (exact) mass is 435 g/mol. The molecule has 0 amide bonds. The molecule has 2 atom stereocenters. The third-order valence-corrected chi connectivity index (χ3v) is 7.01. The van der Waals surface area contributed by atoms with Gasteiger partial charge in [0.1, 0.15) is 11.4 Å². The topological polar surface area (TPSA) is 94.2 Å². The van der Waals surface area contributed by atoms with Crippen molar-refractivity contribution in [3.8, 4) is 5.75 Å². The largest absolute Gasteiger partial charge is 0.508 e. The molecule has 0 unspecified atom stereocenters. The normalized spacial score (nSPS) is 24.1. The van der Waals surface area contributed by atoms with E-state index in [0.717, 1.165) is 64.4 Å². The van der Waals surface area contributed by atoms with Crippen molar-refractivity contribution in [3.63, 3.8) is 0 Å². The number of benzene rings is 2. The molecule has 3 aliphatic rings. The molecule has 2 heterocycles. The smallest absolute Gasteiger partial charge is 0.292 e. The molecule has 0 aromatic heterocycles. The molecule has 32 heavy (non-hydrogen) atoms. The Morgan fingerprint density at radius 1 is 1.16 bits per heavy atom. The fourth-order valence-corrected chi connectivity index (χ4v) is 5.34. The molecule has 1 aliphatic carbocycles. The number of nitro groups is 1. The Labute approximate surface area is 187 Å². The number of piperazine rings is 1. The van der Waals surface area contributed by atoms with Crippen molar-refractivity contribution in [3.05, 3.63) is 63.7 Å². The highest BCUT2D eigenvalue weighted by Crippen LogP contribution is 2.39. The molecule has 0 bridgehead atoms. The van der Waals surface area contributed by atoms with Crippen LogP contribution < -0.4 is 10.2 Å². The predicted octanol–water partition coefficient (Wildman–Crippen LogP) is 2.91. The molecule has 0 radical (unpaired) electrons. The number of aromatic hydroxyl groups is 1. The van der Waals surface area contributed by atoms with Gasteiger partial charge in [-0.2, -0.15) is 0 Å². The van der Waals surface area contributed by atoms with E-state index in [1.165, 1.54) is 11.1 Å². The first kappa shape index (κ1) is 20.8. The van der Waals surface area contributed by atoms with Crippen LogP contribution in [0.5, 0.6) is 5.75 Å². The number of phenolic OH excluding ortho intramolecular Hbond substituents is 1. The predicted molar refractivity (Wildman–Crippen MR) is 125 cm³/mol. The molecule has 5 rings (SSSR count). The Hall–Kier alpha value is -3.13.